The Labute approximate surface area is 168 Å². The van der Waals surface area contributed by atoms with E-state index in [1.807, 2.05) is 23.1 Å². The molecule has 2 aliphatic carbocycles. The fourth-order valence-electron chi connectivity index (χ4n) is 5.26. The van der Waals surface area contributed by atoms with E-state index in [2.05, 4.69) is 10.00 Å². The van der Waals surface area contributed by atoms with E-state index in [1.165, 1.54) is 19.3 Å². The van der Waals surface area contributed by atoms with Gasteiger partial charge in [0, 0.05) is 44.0 Å². The lowest BCUT2D eigenvalue weighted by Crippen LogP contribution is -2.50. The van der Waals surface area contributed by atoms with E-state index in [0.717, 1.165) is 45.3 Å². The first-order chi connectivity index (χ1) is 11.7. The largest absolute Gasteiger partial charge is 0.342 e. The van der Waals surface area contributed by atoms with E-state index in [1.54, 1.807) is 0 Å². The van der Waals surface area contributed by atoms with Crippen molar-refractivity contribution in [1.82, 2.24) is 14.7 Å². The minimum Gasteiger partial charge on any atom is -0.342 e. The van der Waals surface area contributed by atoms with Crippen LogP contribution in [0.4, 0.5) is 0 Å². The van der Waals surface area contributed by atoms with E-state index < -0.39 is 0 Å². The topological polar surface area (TPSA) is 64.2 Å². The zero-order valence-electron chi connectivity index (χ0n) is 15.3. The molecule has 2 heterocycles. The Morgan fingerprint density at radius 2 is 1.73 bits per heavy atom. The molecule has 4 rings (SSSR count). The predicted molar refractivity (Wildman–Crippen MR) is 108 cm³/mol. The van der Waals surface area contributed by atoms with Crippen molar-refractivity contribution < 1.29 is 4.79 Å². The molecule has 1 amide bonds. The minimum atomic E-state index is 0. The van der Waals surface area contributed by atoms with Crippen molar-refractivity contribution in [2.24, 2.45) is 29.4 Å². The molecule has 2 N–H and O–H groups in total. The van der Waals surface area contributed by atoms with Crippen LogP contribution in [0, 0.1) is 23.7 Å². The third-order valence-corrected chi connectivity index (χ3v) is 6.69. The summed E-state index contributed by atoms with van der Waals surface area (Å²) < 4.78 is 2.02. The Morgan fingerprint density at radius 3 is 2.31 bits per heavy atom. The summed E-state index contributed by atoms with van der Waals surface area (Å²) in [4.78, 5) is 15.1. The van der Waals surface area contributed by atoms with E-state index in [4.69, 9.17) is 5.73 Å². The highest BCUT2D eigenvalue weighted by Crippen LogP contribution is 2.42. The number of carbonyl (C=O) groups is 1. The van der Waals surface area contributed by atoms with E-state index in [9.17, 15) is 4.79 Å². The van der Waals surface area contributed by atoms with Gasteiger partial charge in [-0.05, 0) is 62.3 Å². The molecule has 148 valence electrons. The van der Waals surface area contributed by atoms with Crippen molar-refractivity contribution in [2.45, 2.75) is 57.5 Å². The zero-order valence-corrected chi connectivity index (χ0v) is 17.0. The number of nitrogens with two attached hydrogens (primary N) is 1. The lowest BCUT2D eigenvalue weighted by atomic mass is 9.65. The summed E-state index contributed by atoms with van der Waals surface area (Å²) in [6, 6.07) is 2.33. The SMILES string of the molecule is Cl.Cl.NC1C2CCCC1CC(C(=O)N1CCC(Cn3cccn3)CC1)C2. The first-order valence-corrected chi connectivity index (χ1v) is 9.72. The van der Waals surface area contributed by atoms with Gasteiger partial charge in [-0.15, -0.1) is 24.8 Å². The van der Waals surface area contributed by atoms with Crippen LogP contribution in [-0.4, -0.2) is 39.7 Å². The zero-order chi connectivity index (χ0) is 16.5. The molecular formula is C19H32Cl2N4O. The van der Waals surface area contributed by atoms with E-state index >= 15 is 0 Å². The molecule has 1 aliphatic heterocycles. The number of likely N-dealkylation sites (tertiary alicyclic amines) is 1. The maximum atomic E-state index is 13.0. The predicted octanol–water partition coefficient (Wildman–Crippen LogP) is 3.12. The smallest absolute Gasteiger partial charge is 0.225 e. The van der Waals surface area contributed by atoms with E-state index in [0.29, 0.717) is 29.7 Å². The van der Waals surface area contributed by atoms with E-state index in [-0.39, 0.29) is 30.7 Å². The maximum absolute atomic E-state index is 13.0. The second kappa shape index (κ2) is 9.43. The molecule has 3 aliphatic rings. The molecule has 1 aromatic heterocycles. The molecule has 5 nitrogen and oxygen atoms in total. The summed E-state index contributed by atoms with van der Waals surface area (Å²) in [7, 11) is 0. The van der Waals surface area contributed by atoms with Gasteiger partial charge in [0.1, 0.15) is 0 Å². The average molecular weight is 403 g/mol. The average Bonchev–Trinajstić information content (AvgIpc) is 3.08. The first-order valence-electron chi connectivity index (χ1n) is 9.72. The van der Waals surface area contributed by atoms with Crippen LogP contribution in [0.25, 0.3) is 0 Å². The Kier molecular flexibility index (Phi) is 7.80. The summed E-state index contributed by atoms with van der Waals surface area (Å²) in [5, 5.41) is 4.30. The summed E-state index contributed by atoms with van der Waals surface area (Å²) in [5.74, 6) is 2.47. The number of carbonyl (C=O) groups excluding carboxylic acids is 1. The number of hydrogen-bond donors (Lipinski definition) is 1. The van der Waals surface area contributed by atoms with Crippen molar-refractivity contribution in [3.05, 3.63) is 18.5 Å². The van der Waals surface area contributed by atoms with Gasteiger partial charge < -0.3 is 10.6 Å². The Morgan fingerprint density at radius 1 is 1.08 bits per heavy atom. The number of piperidine rings is 1. The highest BCUT2D eigenvalue weighted by Gasteiger charge is 2.41. The number of rotatable bonds is 3. The number of fused-ring (bicyclic) bond motifs is 2. The highest BCUT2D eigenvalue weighted by atomic mass is 35.5. The maximum Gasteiger partial charge on any atom is 0.225 e. The van der Waals surface area contributed by atoms with Crippen molar-refractivity contribution in [2.75, 3.05) is 13.1 Å². The third kappa shape index (κ3) is 4.55. The van der Waals surface area contributed by atoms with Gasteiger partial charge in [-0.2, -0.15) is 5.10 Å². The summed E-state index contributed by atoms with van der Waals surface area (Å²) in [6.45, 7) is 2.82. The number of aromatic nitrogens is 2. The van der Waals surface area contributed by atoms with Crippen molar-refractivity contribution >= 4 is 30.7 Å². The van der Waals surface area contributed by atoms with Crippen molar-refractivity contribution in [3.63, 3.8) is 0 Å². The van der Waals surface area contributed by atoms with Gasteiger partial charge in [-0.1, -0.05) is 6.42 Å². The standard InChI is InChI=1S/C19H30N4O.2ClH/c20-18-15-3-1-4-16(18)12-17(11-15)19(24)22-9-5-14(6-10-22)13-23-8-2-7-21-23;;/h2,7-8,14-18H,1,3-6,9-13,20H2;2*1H. The quantitative estimate of drug-likeness (QED) is 0.844. The lowest BCUT2D eigenvalue weighted by molar-refractivity contribution is -0.140. The molecule has 1 aromatic rings. The van der Waals surface area contributed by atoms with Crippen LogP contribution in [-0.2, 0) is 11.3 Å². The van der Waals surface area contributed by atoms with Gasteiger partial charge in [-0.25, -0.2) is 0 Å². The molecule has 3 fully saturated rings. The van der Waals surface area contributed by atoms with Crippen LogP contribution in [0.15, 0.2) is 18.5 Å². The molecule has 1 saturated heterocycles. The second-order valence-corrected chi connectivity index (χ2v) is 8.19. The second-order valence-electron chi connectivity index (χ2n) is 8.19. The molecule has 0 aromatic carbocycles. The molecular weight excluding hydrogens is 371 g/mol. The Hall–Kier alpha value is -0.780. The molecule has 0 radical (unpaired) electrons. The lowest BCUT2D eigenvalue weighted by Gasteiger charge is -2.45. The van der Waals surface area contributed by atoms with Crippen LogP contribution in [0.1, 0.15) is 44.9 Å². The fraction of sp³-hybridized carbons (Fsp3) is 0.789. The fourth-order valence-corrected chi connectivity index (χ4v) is 5.26. The van der Waals surface area contributed by atoms with Crippen molar-refractivity contribution in [1.29, 1.82) is 0 Å². The minimum absolute atomic E-state index is 0. The Balaban J connectivity index is 0.00000121. The molecule has 7 heteroatoms. The van der Waals surface area contributed by atoms with Gasteiger partial charge in [0.25, 0.3) is 0 Å². The Bertz CT molecular complexity index is 546. The van der Waals surface area contributed by atoms with Gasteiger partial charge >= 0.3 is 0 Å². The number of halogens is 2. The summed E-state index contributed by atoms with van der Waals surface area (Å²) >= 11 is 0. The van der Waals surface area contributed by atoms with Crippen LogP contribution >= 0.6 is 24.8 Å². The normalized spacial score (nSPS) is 31.7. The van der Waals surface area contributed by atoms with Crippen molar-refractivity contribution in [3.8, 4) is 0 Å². The third-order valence-electron chi connectivity index (χ3n) is 6.69. The van der Waals surface area contributed by atoms with Crippen LogP contribution < -0.4 is 5.73 Å². The van der Waals surface area contributed by atoms with Gasteiger partial charge in [0.05, 0.1) is 0 Å². The monoisotopic (exact) mass is 402 g/mol. The number of amides is 1. The van der Waals surface area contributed by atoms with Crippen LogP contribution in [0.5, 0.6) is 0 Å². The number of hydrogen-bond acceptors (Lipinski definition) is 3. The number of nitrogens with zero attached hydrogens (tertiary/aromatic N) is 3. The molecule has 2 unspecified atom stereocenters. The molecule has 2 saturated carbocycles. The summed E-state index contributed by atoms with van der Waals surface area (Å²) in [5.41, 5.74) is 6.37. The van der Waals surface area contributed by atoms with Crippen LogP contribution in [0.2, 0.25) is 0 Å². The molecule has 2 bridgehead atoms. The summed E-state index contributed by atoms with van der Waals surface area (Å²) in [6.07, 6.45) is 11.9. The van der Waals surface area contributed by atoms with Gasteiger partial charge in [0.2, 0.25) is 5.91 Å². The molecule has 2 atom stereocenters. The highest BCUT2D eigenvalue weighted by molar-refractivity contribution is 5.85. The first kappa shape index (κ1) is 21.5. The van der Waals surface area contributed by atoms with Gasteiger partial charge in [0.15, 0.2) is 0 Å². The van der Waals surface area contributed by atoms with Gasteiger partial charge in [-0.3, -0.25) is 9.48 Å². The molecule has 26 heavy (non-hydrogen) atoms. The van der Waals surface area contributed by atoms with Crippen LogP contribution in [0.3, 0.4) is 0 Å². The molecule has 0 spiro atoms.